The summed E-state index contributed by atoms with van der Waals surface area (Å²) in [4.78, 5) is 0.00540. The summed E-state index contributed by atoms with van der Waals surface area (Å²) in [5.41, 5.74) is 0. The quantitative estimate of drug-likeness (QED) is 0.834. The Balaban J connectivity index is 2.30. The first kappa shape index (κ1) is 16.8. The van der Waals surface area contributed by atoms with Gasteiger partial charge >= 0.3 is 0 Å². The molecular formula is C13H17Cl2NO4S. The highest BCUT2D eigenvalue weighted by Gasteiger charge is 2.31. The van der Waals surface area contributed by atoms with Crippen molar-refractivity contribution in [3.63, 3.8) is 0 Å². The Labute approximate surface area is 134 Å². The first-order valence-corrected chi connectivity index (χ1v) is 8.65. The topological polar surface area (TPSA) is 55.8 Å². The van der Waals surface area contributed by atoms with E-state index >= 15 is 0 Å². The van der Waals surface area contributed by atoms with Gasteiger partial charge < -0.3 is 9.47 Å². The molecule has 0 aromatic heterocycles. The number of nitrogens with zero attached hydrogens (tertiary/aromatic N) is 1. The van der Waals surface area contributed by atoms with Crippen LogP contribution in [0.25, 0.3) is 0 Å². The van der Waals surface area contributed by atoms with E-state index in [1.807, 2.05) is 0 Å². The average Bonchev–Trinajstić information content (AvgIpc) is 2.49. The van der Waals surface area contributed by atoms with E-state index in [0.717, 1.165) is 0 Å². The minimum absolute atomic E-state index is 0.00540. The van der Waals surface area contributed by atoms with E-state index in [-0.39, 0.29) is 21.0 Å². The highest BCUT2D eigenvalue weighted by molar-refractivity contribution is 7.89. The van der Waals surface area contributed by atoms with Crippen LogP contribution in [-0.2, 0) is 14.8 Å². The van der Waals surface area contributed by atoms with Crippen molar-refractivity contribution in [3.8, 4) is 5.75 Å². The summed E-state index contributed by atoms with van der Waals surface area (Å²) in [5, 5.41) is 0.317. The molecule has 1 aromatic carbocycles. The lowest BCUT2D eigenvalue weighted by Crippen LogP contribution is -2.40. The van der Waals surface area contributed by atoms with Crippen LogP contribution >= 0.6 is 23.2 Å². The third kappa shape index (κ3) is 3.46. The minimum atomic E-state index is -3.67. The van der Waals surface area contributed by atoms with Crippen LogP contribution in [0, 0.1) is 0 Å². The van der Waals surface area contributed by atoms with Crippen molar-refractivity contribution in [2.24, 2.45) is 0 Å². The largest absolute Gasteiger partial charge is 0.495 e. The SMILES string of the molecule is COc1cc(Cl)c(S(=O)(=O)N2CCC(OC)CC2)cc1Cl. The Morgan fingerprint density at radius 2 is 1.76 bits per heavy atom. The Morgan fingerprint density at radius 1 is 1.14 bits per heavy atom. The van der Waals surface area contributed by atoms with Crippen molar-refractivity contribution in [2.75, 3.05) is 27.3 Å². The molecule has 1 fully saturated rings. The van der Waals surface area contributed by atoms with Crippen molar-refractivity contribution < 1.29 is 17.9 Å². The maximum atomic E-state index is 12.7. The van der Waals surface area contributed by atoms with Gasteiger partial charge in [0, 0.05) is 26.3 Å². The van der Waals surface area contributed by atoms with Crippen LogP contribution in [-0.4, -0.2) is 46.1 Å². The molecule has 2 rings (SSSR count). The van der Waals surface area contributed by atoms with Crippen LogP contribution in [0.15, 0.2) is 17.0 Å². The van der Waals surface area contributed by atoms with Crippen LogP contribution in [0.3, 0.4) is 0 Å². The van der Waals surface area contributed by atoms with Gasteiger partial charge in [-0.1, -0.05) is 23.2 Å². The van der Waals surface area contributed by atoms with Crippen molar-refractivity contribution in [2.45, 2.75) is 23.8 Å². The van der Waals surface area contributed by atoms with Gasteiger partial charge in [0.2, 0.25) is 10.0 Å². The third-order valence-electron chi connectivity index (χ3n) is 3.56. The molecule has 0 aliphatic carbocycles. The highest BCUT2D eigenvalue weighted by Crippen LogP contribution is 2.35. The van der Waals surface area contributed by atoms with Crippen molar-refractivity contribution in [3.05, 3.63) is 22.2 Å². The average molecular weight is 354 g/mol. The van der Waals surface area contributed by atoms with E-state index in [1.54, 1.807) is 7.11 Å². The lowest BCUT2D eigenvalue weighted by atomic mass is 10.1. The summed E-state index contributed by atoms with van der Waals surface area (Å²) in [7, 11) is -0.586. The maximum Gasteiger partial charge on any atom is 0.244 e. The van der Waals surface area contributed by atoms with Gasteiger partial charge in [0.15, 0.2) is 0 Å². The molecule has 118 valence electrons. The number of sulfonamides is 1. The number of methoxy groups -OCH3 is 2. The molecule has 5 nitrogen and oxygen atoms in total. The molecule has 1 aliphatic heterocycles. The molecule has 0 bridgehead atoms. The number of hydrogen-bond donors (Lipinski definition) is 0. The second-order valence-electron chi connectivity index (χ2n) is 4.76. The van der Waals surface area contributed by atoms with Gasteiger partial charge in [-0.3, -0.25) is 0 Å². The fourth-order valence-corrected chi connectivity index (χ4v) is 4.61. The lowest BCUT2D eigenvalue weighted by Gasteiger charge is -2.30. The van der Waals surface area contributed by atoms with Crippen LogP contribution in [0.5, 0.6) is 5.75 Å². The van der Waals surface area contributed by atoms with Gasteiger partial charge in [-0.25, -0.2) is 8.42 Å². The second-order valence-corrected chi connectivity index (χ2v) is 7.48. The molecule has 1 aromatic rings. The van der Waals surface area contributed by atoms with Crippen LogP contribution < -0.4 is 4.74 Å². The van der Waals surface area contributed by atoms with Crippen molar-refractivity contribution in [1.82, 2.24) is 4.31 Å². The van der Waals surface area contributed by atoms with E-state index in [0.29, 0.717) is 31.7 Å². The van der Waals surface area contributed by atoms with E-state index in [9.17, 15) is 8.42 Å². The fraction of sp³-hybridized carbons (Fsp3) is 0.538. The third-order valence-corrected chi connectivity index (χ3v) is 6.22. The zero-order chi connectivity index (χ0) is 15.6. The van der Waals surface area contributed by atoms with Crippen molar-refractivity contribution >= 4 is 33.2 Å². The summed E-state index contributed by atoms with van der Waals surface area (Å²) >= 11 is 12.1. The molecule has 8 heteroatoms. The predicted molar refractivity (Wildman–Crippen MR) is 81.8 cm³/mol. The van der Waals surface area contributed by atoms with Crippen LogP contribution in [0.1, 0.15) is 12.8 Å². The second kappa shape index (κ2) is 6.71. The number of benzene rings is 1. The number of piperidine rings is 1. The highest BCUT2D eigenvalue weighted by atomic mass is 35.5. The normalized spacial score (nSPS) is 17.9. The summed E-state index contributed by atoms with van der Waals surface area (Å²) in [6.45, 7) is 0.807. The number of rotatable bonds is 4. The summed E-state index contributed by atoms with van der Waals surface area (Å²) in [6, 6.07) is 2.75. The van der Waals surface area contributed by atoms with Gasteiger partial charge in [-0.05, 0) is 18.9 Å². The van der Waals surface area contributed by atoms with Gasteiger partial charge in [0.25, 0.3) is 0 Å². The van der Waals surface area contributed by atoms with Crippen LogP contribution in [0.2, 0.25) is 10.0 Å². The smallest absolute Gasteiger partial charge is 0.244 e. The Kier molecular flexibility index (Phi) is 5.38. The first-order valence-electron chi connectivity index (χ1n) is 6.46. The van der Waals surface area contributed by atoms with E-state index in [2.05, 4.69) is 0 Å². The Bertz CT molecular complexity index is 613. The summed E-state index contributed by atoms with van der Waals surface area (Å²) < 4.78 is 37.0. The summed E-state index contributed by atoms with van der Waals surface area (Å²) in [6.07, 6.45) is 1.43. The molecular weight excluding hydrogens is 337 g/mol. The number of hydrogen-bond acceptors (Lipinski definition) is 4. The predicted octanol–water partition coefficient (Wildman–Crippen LogP) is 2.80. The monoisotopic (exact) mass is 353 g/mol. The first-order chi connectivity index (χ1) is 9.90. The van der Waals surface area contributed by atoms with Gasteiger partial charge in [0.1, 0.15) is 10.6 Å². The molecule has 0 radical (unpaired) electrons. The molecule has 1 saturated heterocycles. The van der Waals surface area contributed by atoms with E-state index < -0.39 is 10.0 Å². The zero-order valence-corrected chi connectivity index (χ0v) is 14.1. The molecule has 0 amide bonds. The molecule has 1 heterocycles. The van der Waals surface area contributed by atoms with Gasteiger partial charge in [0.05, 0.1) is 23.3 Å². The number of ether oxygens (including phenoxy) is 2. The van der Waals surface area contributed by atoms with Gasteiger partial charge in [-0.2, -0.15) is 4.31 Å². The summed E-state index contributed by atoms with van der Waals surface area (Å²) in [5.74, 6) is 0.346. The maximum absolute atomic E-state index is 12.7. The molecule has 0 saturated carbocycles. The molecule has 1 aliphatic rings. The van der Waals surface area contributed by atoms with E-state index in [1.165, 1.54) is 23.5 Å². The zero-order valence-electron chi connectivity index (χ0n) is 11.8. The molecule has 0 spiro atoms. The Morgan fingerprint density at radius 3 is 2.29 bits per heavy atom. The molecule has 0 N–H and O–H groups in total. The standard InChI is InChI=1S/C13H17Cl2NO4S/c1-19-9-3-5-16(6-4-9)21(17,18)13-8-10(14)12(20-2)7-11(13)15/h7-9H,3-6H2,1-2H3. The lowest BCUT2D eigenvalue weighted by molar-refractivity contribution is 0.0604. The van der Waals surface area contributed by atoms with Crippen LogP contribution in [0.4, 0.5) is 0 Å². The molecule has 0 atom stereocenters. The fourth-order valence-electron chi connectivity index (χ4n) is 2.31. The Hall–Kier alpha value is -0.530. The molecule has 0 unspecified atom stereocenters. The molecule has 21 heavy (non-hydrogen) atoms. The number of halogens is 2. The van der Waals surface area contributed by atoms with Gasteiger partial charge in [-0.15, -0.1) is 0 Å². The van der Waals surface area contributed by atoms with E-state index in [4.69, 9.17) is 32.7 Å². The van der Waals surface area contributed by atoms with Crippen molar-refractivity contribution in [1.29, 1.82) is 0 Å². The minimum Gasteiger partial charge on any atom is -0.495 e.